The molecule has 4 aromatic heterocycles. The smallest absolute Gasteiger partial charge is 0.176 e. The zero-order valence-corrected chi connectivity index (χ0v) is 16.7. The number of nitriles is 1. The van der Waals surface area contributed by atoms with Gasteiger partial charge in [-0.05, 0) is 36.5 Å². The van der Waals surface area contributed by atoms with Crippen molar-refractivity contribution in [3.8, 4) is 28.5 Å². The van der Waals surface area contributed by atoms with E-state index in [1.165, 1.54) is 31.7 Å². The van der Waals surface area contributed by atoms with Crippen molar-refractivity contribution < 1.29 is 4.39 Å². The molecule has 0 bridgehead atoms. The van der Waals surface area contributed by atoms with Crippen molar-refractivity contribution >= 4 is 5.65 Å². The SMILES string of the molecule is CC1(Cn2cc(-c3cc(F)c(C#N)nc3-c3ccn4ccnc4c3)cn2)CCCC1. The highest BCUT2D eigenvalue weighted by Gasteiger charge is 2.29. The summed E-state index contributed by atoms with van der Waals surface area (Å²) in [5.74, 6) is -0.631. The number of nitrogens with zero attached hydrogens (tertiary/aromatic N) is 6. The molecule has 1 saturated carbocycles. The minimum atomic E-state index is -0.631. The molecule has 0 N–H and O–H groups in total. The van der Waals surface area contributed by atoms with Crippen LogP contribution < -0.4 is 0 Å². The number of imidazole rings is 1. The van der Waals surface area contributed by atoms with Crippen LogP contribution in [0.5, 0.6) is 0 Å². The van der Waals surface area contributed by atoms with Crippen molar-refractivity contribution in [2.75, 3.05) is 0 Å². The molecule has 0 amide bonds. The Balaban J connectivity index is 1.59. The summed E-state index contributed by atoms with van der Waals surface area (Å²) >= 11 is 0. The van der Waals surface area contributed by atoms with Gasteiger partial charge in [-0.2, -0.15) is 10.4 Å². The molecule has 150 valence electrons. The predicted molar refractivity (Wildman–Crippen MR) is 111 cm³/mol. The van der Waals surface area contributed by atoms with Crippen LogP contribution in [0.1, 0.15) is 38.3 Å². The van der Waals surface area contributed by atoms with Crippen LogP contribution in [0.15, 0.2) is 49.2 Å². The van der Waals surface area contributed by atoms with E-state index in [9.17, 15) is 9.65 Å². The molecule has 30 heavy (non-hydrogen) atoms. The summed E-state index contributed by atoms with van der Waals surface area (Å²) in [5, 5.41) is 13.8. The zero-order valence-electron chi connectivity index (χ0n) is 16.7. The highest BCUT2D eigenvalue weighted by molar-refractivity contribution is 5.81. The maximum atomic E-state index is 14.5. The molecule has 0 radical (unpaired) electrons. The van der Waals surface area contributed by atoms with Gasteiger partial charge in [0.1, 0.15) is 11.7 Å². The maximum Gasteiger partial charge on any atom is 0.176 e. The topological polar surface area (TPSA) is 71.8 Å². The van der Waals surface area contributed by atoms with E-state index in [4.69, 9.17) is 0 Å². The van der Waals surface area contributed by atoms with Gasteiger partial charge in [-0.25, -0.2) is 14.4 Å². The first-order chi connectivity index (χ1) is 14.5. The number of pyridine rings is 2. The molecule has 0 aromatic carbocycles. The summed E-state index contributed by atoms with van der Waals surface area (Å²) in [5.41, 5.74) is 3.51. The van der Waals surface area contributed by atoms with Crippen LogP contribution in [-0.4, -0.2) is 24.1 Å². The van der Waals surface area contributed by atoms with Crippen LogP contribution in [0, 0.1) is 22.6 Å². The molecule has 4 aromatic rings. The number of hydrogen-bond donors (Lipinski definition) is 0. The lowest BCUT2D eigenvalue weighted by molar-refractivity contribution is 0.268. The van der Waals surface area contributed by atoms with Gasteiger partial charge < -0.3 is 4.40 Å². The minimum Gasteiger partial charge on any atom is -0.307 e. The first-order valence-corrected chi connectivity index (χ1v) is 10.1. The van der Waals surface area contributed by atoms with Gasteiger partial charge >= 0.3 is 0 Å². The summed E-state index contributed by atoms with van der Waals surface area (Å²) in [4.78, 5) is 8.66. The molecular weight excluding hydrogens is 379 g/mol. The van der Waals surface area contributed by atoms with E-state index in [0.717, 1.165) is 23.3 Å². The van der Waals surface area contributed by atoms with Crippen LogP contribution in [-0.2, 0) is 6.54 Å². The molecule has 0 aliphatic heterocycles. The van der Waals surface area contributed by atoms with Crippen molar-refractivity contribution in [2.24, 2.45) is 5.41 Å². The van der Waals surface area contributed by atoms with Gasteiger partial charge in [0.15, 0.2) is 11.5 Å². The third-order valence-electron chi connectivity index (χ3n) is 6.05. The molecule has 1 aliphatic carbocycles. The number of rotatable bonds is 4. The highest BCUT2D eigenvalue weighted by atomic mass is 19.1. The summed E-state index contributed by atoms with van der Waals surface area (Å²) in [6.45, 7) is 3.14. The van der Waals surface area contributed by atoms with Crippen molar-refractivity contribution in [2.45, 2.75) is 39.2 Å². The van der Waals surface area contributed by atoms with Crippen molar-refractivity contribution in [3.63, 3.8) is 0 Å². The van der Waals surface area contributed by atoms with E-state index >= 15 is 0 Å². The predicted octanol–water partition coefficient (Wildman–Crippen LogP) is 4.85. The average molecular weight is 400 g/mol. The standard InChI is InChI=1S/C23H21FN6/c1-23(5-2-3-6-23)15-30-14-17(13-27-30)18-11-19(24)20(12-25)28-22(18)16-4-8-29-9-7-26-21(29)10-16/h4,7-11,13-14H,2-3,5-6,15H2,1H3. The van der Waals surface area contributed by atoms with E-state index in [1.54, 1.807) is 12.4 Å². The Morgan fingerprint density at radius 3 is 2.83 bits per heavy atom. The van der Waals surface area contributed by atoms with E-state index in [1.807, 2.05) is 45.9 Å². The second-order valence-corrected chi connectivity index (χ2v) is 8.38. The molecule has 5 rings (SSSR count). The Morgan fingerprint density at radius 2 is 2.03 bits per heavy atom. The summed E-state index contributed by atoms with van der Waals surface area (Å²) in [6.07, 6.45) is 14.1. The number of hydrogen-bond acceptors (Lipinski definition) is 4. The monoisotopic (exact) mass is 400 g/mol. The number of aromatic nitrogens is 5. The van der Waals surface area contributed by atoms with Gasteiger partial charge in [-0.1, -0.05) is 19.8 Å². The van der Waals surface area contributed by atoms with Crippen molar-refractivity contribution in [1.29, 1.82) is 5.26 Å². The average Bonchev–Trinajstić information content (AvgIpc) is 3.48. The van der Waals surface area contributed by atoms with Crippen LogP contribution in [0.4, 0.5) is 4.39 Å². The van der Waals surface area contributed by atoms with E-state index in [0.29, 0.717) is 11.3 Å². The fourth-order valence-corrected chi connectivity index (χ4v) is 4.43. The second kappa shape index (κ2) is 7.06. The lowest BCUT2D eigenvalue weighted by Gasteiger charge is -2.22. The van der Waals surface area contributed by atoms with Gasteiger partial charge in [0.25, 0.3) is 0 Å². The lowest BCUT2D eigenvalue weighted by Crippen LogP contribution is -2.19. The van der Waals surface area contributed by atoms with Gasteiger partial charge in [-0.3, -0.25) is 4.68 Å². The third-order valence-corrected chi connectivity index (χ3v) is 6.05. The Labute approximate surface area is 173 Å². The van der Waals surface area contributed by atoms with Crippen LogP contribution in [0.2, 0.25) is 0 Å². The highest BCUT2D eigenvalue weighted by Crippen LogP contribution is 2.39. The Hall–Kier alpha value is -3.53. The van der Waals surface area contributed by atoms with E-state index in [2.05, 4.69) is 22.0 Å². The second-order valence-electron chi connectivity index (χ2n) is 8.38. The zero-order chi connectivity index (χ0) is 20.7. The third kappa shape index (κ3) is 3.24. The Kier molecular flexibility index (Phi) is 4.35. The maximum absolute atomic E-state index is 14.5. The quantitative estimate of drug-likeness (QED) is 0.491. The van der Waals surface area contributed by atoms with Crippen LogP contribution >= 0.6 is 0 Å². The van der Waals surface area contributed by atoms with Gasteiger partial charge in [0.05, 0.1) is 11.9 Å². The molecule has 1 aliphatic rings. The molecule has 6 nitrogen and oxygen atoms in total. The molecule has 0 atom stereocenters. The minimum absolute atomic E-state index is 0.220. The largest absolute Gasteiger partial charge is 0.307 e. The molecule has 1 fully saturated rings. The number of halogens is 1. The van der Waals surface area contributed by atoms with Gasteiger partial charge in [0.2, 0.25) is 0 Å². The Morgan fingerprint density at radius 1 is 1.20 bits per heavy atom. The first-order valence-electron chi connectivity index (χ1n) is 10.1. The van der Waals surface area contributed by atoms with Crippen molar-refractivity contribution in [3.05, 3.63) is 60.7 Å². The fraction of sp³-hybridized carbons (Fsp3) is 0.304. The van der Waals surface area contributed by atoms with Crippen LogP contribution in [0.3, 0.4) is 0 Å². The number of fused-ring (bicyclic) bond motifs is 1. The molecule has 0 unspecified atom stereocenters. The molecule has 0 spiro atoms. The summed E-state index contributed by atoms with van der Waals surface area (Å²) < 4.78 is 18.3. The van der Waals surface area contributed by atoms with E-state index < -0.39 is 5.82 Å². The van der Waals surface area contributed by atoms with Gasteiger partial charge in [-0.15, -0.1) is 0 Å². The molecule has 4 heterocycles. The summed E-state index contributed by atoms with van der Waals surface area (Å²) in [6, 6.07) is 7.01. The fourth-order valence-electron chi connectivity index (χ4n) is 4.43. The molecular formula is C23H21FN6. The lowest BCUT2D eigenvalue weighted by atomic mass is 9.89. The van der Waals surface area contributed by atoms with Crippen molar-refractivity contribution in [1.82, 2.24) is 24.1 Å². The van der Waals surface area contributed by atoms with Crippen LogP contribution in [0.25, 0.3) is 28.0 Å². The molecule has 7 heteroatoms. The van der Waals surface area contributed by atoms with Gasteiger partial charge in [0, 0.05) is 48.0 Å². The first kappa shape index (κ1) is 18.5. The molecule has 0 saturated heterocycles. The normalized spacial score (nSPS) is 15.5. The Bertz CT molecular complexity index is 1270. The van der Waals surface area contributed by atoms with E-state index in [-0.39, 0.29) is 11.1 Å². The summed E-state index contributed by atoms with van der Waals surface area (Å²) in [7, 11) is 0.